The van der Waals surface area contributed by atoms with Gasteiger partial charge in [-0.05, 0) is 18.1 Å². The third kappa shape index (κ3) is 2.23. The number of ketones is 1. The number of hydrogen-bond acceptors (Lipinski definition) is 4. The number of fused-ring (bicyclic) bond motifs is 1. The first-order valence-corrected chi connectivity index (χ1v) is 5.92. The molecule has 0 aliphatic heterocycles. The van der Waals surface area contributed by atoms with Crippen LogP contribution in [0, 0.1) is 0 Å². The smallest absolute Gasteiger partial charge is 0.306 e. The van der Waals surface area contributed by atoms with Crippen LogP contribution in [0.3, 0.4) is 0 Å². The van der Waals surface area contributed by atoms with Crippen LogP contribution in [0.5, 0.6) is 5.75 Å². The standard InChI is InChI=1S/C14H16O4/c1-17-12-5-3-4-9-6-7-11(15)10(14(9)12)8-13(16)18-2/h3-5,10H,6-8H2,1-2H3. The maximum atomic E-state index is 12.0. The van der Waals surface area contributed by atoms with Crippen LogP contribution >= 0.6 is 0 Å². The van der Waals surface area contributed by atoms with Crippen LogP contribution < -0.4 is 4.74 Å². The molecule has 0 saturated heterocycles. The molecule has 0 saturated carbocycles. The largest absolute Gasteiger partial charge is 0.496 e. The van der Waals surface area contributed by atoms with Crippen molar-refractivity contribution in [3.63, 3.8) is 0 Å². The van der Waals surface area contributed by atoms with Crippen molar-refractivity contribution in [1.29, 1.82) is 0 Å². The fourth-order valence-corrected chi connectivity index (χ4v) is 2.44. The molecule has 0 N–H and O–H groups in total. The first kappa shape index (κ1) is 12.6. The van der Waals surface area contributed by atoms with Crippen molar-refractivity contribution in [3.05, 3.63) is 29.3 Å². The number of carbonyl (C=O) groups is 2. The zero-order valence-corrected chi connectivity index (χ0v) is 10.6. The van der Waals surface area contributed by atoms with Crippen molar-refractivity contribution in [2.45, 2.75) is 25.2 Å². The molecule has 18 heavy (non-hydrogen) atoms. The third-order valence-electron chi connectivity index (χ3n) is 3.35. The van der Waals surface area contributed by atoms with Gasteiger partial charge in [-0.2, -0.15) is 0 Å². The normalized spacial score (nSPS) is 18.1. The summed E-state index contributed by atoms with van der Waals surface area (Å²) in [4.78, 5) is 23.4. The molecule has 96 valence electrons. The van der Waals surface area contributed by atoms with Crippen LogP contribution in [0.1, 0.15) is 29.9 Å². The Morgan fingerprint density at radius 3 is 2.78 bits per heavy atom. The molecule has 0 heterocycles. The Morgan fingerprint density at radius 1 is 1.33 bits per heavy atom. The topological polar surface area (TPSA) is 52.6 Å². The molecule has 1 aromatic rings. The molecule has 0 spiro atoms. The second-order valence-electron chi connectivity index (χ2n) is 4.33. The summed E-state index contributed by atoms with van der Waals surface area (Å²) in [6, 6.07) is 5.71. The highest BCUT2D eigenvalue weighted by molar-refractivity contribution is 5.92. The lowest BCUT2D eigenvalue weighted by molar-refractivity contribution is -0.142. The Labute approximate surface area is 106 Å². The van der Waals surface area contributed by atoms with E-state index in [0.29, 0.717) is 18.6 Å². The van der Waals surface area contributed by atoms with E-state index in [1.807, 2.05) is 18.2 Å². The van der Waals surface area contributed by atoms with Gasteiger partial charge in [0.05, 0.1) is 26.6 Å². The summed E-state index contributed by atoms with van der Waals surface area (Å²) in [6.07, 6.45) is 1.27. The number of aryl methyl sites for hydroxylation is 1. The monoisotopic (exact) mass is 248 g/mol. The zero-order valence-electron chi connectivity index (χ0n) is 10.6. The molecular weight excluding hydrogens is 232 g/mol. The van der Waals surface area contributed by atoms with Gasteiger partial charge in [-0.1, -0.05) is 12.1 Å². The second kappa shape index (κ2) is 5.21. The SMILES string of the molecule is COC(=O)CC1C(=O)CCc2cccc(OC)c21. The Bertz CT molecular complexity index is 464. The number of carbonyl (C=O) groups excluding carboxylic acids is 2. The average Bonchev–Trinajstić information content (AvgIpc) is 2.40. The van der Waals surface area contributed by atoms with Crippen LogP contribution in [0.2, 0.25) is 0 Å². The maximum absolute atomic E-state index is 12.0. The van der Waals surface area contributed by atoms with Crippen LogP contribution in [0.15, 0.2) is 18.2 Å². The molecule has 1 aromatic carbocycles. The lowest BCUT2D eigenvalue weighted by atomic mass is 9.79. The predicted molar refractivity (Wildman–Crippen MR) is 65.7 cm³/mol. The molecule has 4 nitrogen and oxygen atoms in total. The van der Waals surface area contributed by atoms with E-state index in [1.54, 1.807) is 7.11 Å². The summed E-state index contributed by atoms with van der Waals surface area (Å²) in [5.41, 5.74) is 1.93. The molecule has 0 amide bonds. The van der Waals surface area contributed by atoms with E-state index in [-0.39, 0.29) is 18.2 Å². The molecular formula is C14H16O4. The summed E-state index contributed by atoms with van der Waals surface area (Å²) in [7, 11) is 2.91. The lowest BCUT2D eigenvalue weighted by Crippen LogP contribution is -2.24. The van der Waals surface area contributed by atoms with Gasteiger partial charge in [0, 0.05) is 12.0 Å². The van der Waals surface area contributed by atoms with Gasteiger partial charge in [-0.25, -0.2) is 0 Å². The number of benzene rings is 1. The van der Waals surface area contributed by atoms with Gasteiger partial charge >= 0.3 is 5.97 Å². The Hall–Kier alpha value is -1.84. The molecule has 1 unspecified atom stereocenters. The highest BCUT2D eigenvalue weighted by Crippen LogP contribution is 2.38. The average molecular weight is 248 g/mol. The third-order valence-corrected chi connectivity index (χ3v) is 3.35. The molecule has 0 fully saturated rings. The van der Waals surface area contributed by atoms with Gasteiger partial charge in [0.25, 0.3) is 0 Å². The highest BCUT2D eigenvalue weighted by Gasteiger charge is 2.32. The summed E-state index contributed by atoms with van der Waals surface area (Å²) < 4.78 is 9.96. The number of rotatable bonds is 3. The molecule has 4 heteroatoms. The highest BCUT2D eigenvalue weighted by atomic mass is 16.5. The fraction of sp³-hybridized carbons (Fsp3) is 0.429. The van der Waals surface area contributed by atoms with Gasteiger partial charge in [0.1, 0.15) is 11.5 Å². The van der Waals surface area contributed by atoms with Crippen LogP contribution in [-0.2, 0) is 20.7 Å². The van der Waals surface area contributed by atoms with E-state index in [1.165, 1.54) is 7.11 Å². The van der Waals surface area contributed by atoms with Crippen molar-refractivity contribution < 1.29 is 19.1 Å². The van der Waals surface area contributed by atoms with Crippen molar-refractivity contribution in [2.75, 3.05) is 14.2 Å². The molecule has 2 rings (SSSR count). The van der Waals surface area contributed by atoms with E-state index in [2.05, 4.69) is 4.74 Å². The maximum Gasteiger partial charge on any atom is 0.306 e. The number of ether oxygens (including phenoxy) is 2. The summed E-state index contributed by atoms with van der Waals surface area (Å²) in [5.74, 6) is -0.0451. The van der Waals surface area contributed by atoms with Crippen molar-refractivity contribution in [1.82, 2.24) is 0 Å². The Morgan fingerprint density at radius 2 is 2.11 bits per heavy atom. The zero-order chi connectivity index (χ0) is 13.1. The van der Waals surface area contributed by atoms with Gasteiger partial charge in [-0.15, -0.1) is 0 Å². The first-order chi connectivity index (χ1) is 8.67. The molecule has 1 atom stereocenters. The summed E-state index contributed by atoms with van der Waals surface area (Å²) in [5, 5.41) is 0. The number of Topliss-reactive ketones (excluding diaryl/α,β-unsaturated/α-hetero) is 1. The number of esters is 1. The van der Waals surface area contributed by atoms with Crippen molar-refractivity contribution in [3.8, 4) is 5.75 Å². The fourth-order valence-electron chi connectivity index (χ4n) is 2.44. The molecule has 1 aliphatic rings. The van der Waals surface area contributed by atoms with Crippen LogP contribution in [0.25, 0.3) is 0 Å². The molecule has 1 aliphatic carbocycles. The molecule has 0 aromatic heterocycles. The van der Waals surface area contributed by atoms with E-state index in [4.69, 9.17) is 4.74 Å². The Kier molecular flexibility index (Phi) is 3.65. The van der Waals surface area contributed by atoms with E-state index >= 15 is 0 Å². The molecule has 0 bridgehead atoms. The van der Waals surface area contributed by atoms with E-state index in [9.17, 15) is 9.59 Å². The molecule has 0 radical (unpaired) electrons. The number of methoxy groups -OCH3 is 2. The quantitative estimate of drug-likeness (QED) is 0.766. The lowest BCUT2D eigenvalue weighted by Gasteiger charge is -2.25. The minimum Gasteiger partial charge on any atom is -0.496 e. The van der Waals surface area contributed by atoms with Crippen molar-refractivity contribution >= 4 is 11.8 Å². The van der Waals surface area contributed by atoms with Gasteiger partial charge in [0.15, 0.2) is 0 Å². The Balaban J connectivity index is 2.42. The van der Waals surface area contributed by atoms with Crippen LogP contribution in [0.4, 0.5) is 0 Å². The van der Waals surface area contributed by atoms with Gasteiger partial charge in [0.2, 0.25) is 0 Å². The van der Waals surface area contributed by atoms with E-state index < -0.39 is 5.92 Å². The summed E-state index contributed by atoms with van der Waals surface area (Å²) >= 11 is 0. The predicted octanol–water partition coefficient (Wildman–Crippen LogP) is 1.86. The first-order valence-electron chi connectivity index (χ1n) is 5.92. The summed E-state index contributed by atoms with van der Waals surface area (Å²) in [6.45, 7) is 0. The minimum absolute atomic E-state index is 0.0809. The minimum atomic E-state index is -0.433. The number of hydrogen-bond donors (Lipinski definition) is 0. The van der Waals surface area contributed by atoms with Crippen molar-refractivity contribution in [2.24, 2.45) is 0 Å². The van der Waals surface area contributed by atoms with Crippen LogP contribution in [-0.4, -0.2) is 26.0 Å². The van der Waals surface area contributed by atoms with Gasteiger partial charge < -0.3 is 9.47 Å². The van der Waals surface area contributed by atoms with Gasteiger partial charge in [-0.3, -0.25) is 9.59 Å². The van der Waals surface area contributed by atoms with E-state index in [0.717, 1.165) is 11.1 Å². The second-order valence-corrected chi connectivity index (χ2v) is 4.33.